The summed E-state index contributed by atoms with van der Waals surface area (Å²) in [5.74, 6) is 1.65. The normalized spacial score (nSPS) is 16.0. The topological polar surface area (TPSA) is 66.1 Å². The molecule has 160 valence electrons. The second kappa shape index (κ2) is 8.20. The number of rotatable bonds is 5. The Balaban J connectivity index is 1.48. The third kappa shape index (κ3) is 3.73. The van der Waals surface area contributed by atoms with E-state index in [-0.39, 0.29) is 11.9 Å². The maximum Gasteiger partial charge on any atom is 0.230 e. The monoisotopic (exact) mass is 435 g/mol. The Bertz CT molecular complexity index is 1160. The zero-order chi connectivity index (χ0) is 21.4. The molecule has 5 rings (SSSR count). The first-order valence-electron chi connectivity index (χ1n) is 10.4. The van der Waals surface area contributed by atoms with E-state index in [1.54, 1.807) is 11.6 Å². The number of benzene rings is 2. The molecule has 7 nitrogen and oxygen atoms in total. The summed E-state index contributed by atoms with van der Waals surface area (Å²) in [4.78, 5) is 10.9. The number of nitrogens with zero attached hydrogens (tertiary/aromatic N) is 5. The molecule has 0 radical (unpaired) electrons. The van der Waals surface area contributed by atoms with Gasteiger partial charge in [0, 0.05) is 31.9 Å². The number of para-hydroxylation sites is 1. The molecular formula is C23H25N5O2S. The summed E-state index contributed by atoms with van der Waals surface area (Å²) in [5.41, 5.74) is 2.37. The van der Waals surface area contributed by atoms with Gasteiger partial charge in [0.15, 0.2) is 0 Å². The summed E-state index contributed by atoms with van der Waals surface area (Å²) in [6.07, 6.45) is 0. The summed E-state index contributed by atoms with van der Waals surface area (Å²) in [6, 6.07) is 18.5. The molecule has 2 aromatic carbocycles. The Morgan fingerprint density at radius 3 is 2.35 bits per heavy atom. The largest absolute Gasteiger partial charge is 0.497 e. The third-order valence-corrected chi connectivity index (χ3v) is 6.86. The molecule has 1 saturated heterocycles. The van der Waals surface area contributed by atoms with Gasteiger partial charge >= 0.3 is 0 Å². The maximum atomic E-state index is 11.0. The number of piperazine rings is 1. The SMILES string of the molecule is COc1ccc(C(c2sc3nc(C)nn3c2O)N2CCN(c3ccccc3)CC2)cc1. The fraction of sp³-hybridized carbons (Fsp3) is 0.304. The van der Waals surface area contributed by atoms with Crippen molar-refractivity contribution in [1.82, 2.24) is 19.5 Å². The molecule has 4 aromatic rings. The Hall–Kier alpha value is -3.10. The molecule has 0 bridgehead atoms. The van der Waals surface area contributed by atoms with Crippen molar-refractivity contribution in [2.24, 2.45) is 0 Å². The molecule has 0 spiro atoms. The van der Waals surface area contributed by atoms with Crippen molar-refractivity contribution in [2.75, 3.05) is 38.2 Å². The number of aryl methyl sites for hydroxylation is 1. The number of fused-ring (bicyclic) bond motifs is 1. The summed E-state index contributed by atoms with van der Waals surface area (Å²) in [5, 5.41) is 15.4. The molecule has 1 atom stereocenters. The first-order valence-corrected chi connectivity index (χ1v) is 11.2. The van der Waals surface area contributed by atoms with Crippen molar-refractivity contribution < 1.29 is 9.84 Å². The van der Waals surface area contributed by atoms with Crippen LogP contribution in [0.2, 0.25) is 0 Å². The number of thiazole rings is 1. The lowest BCUT2D eigenvalue weighted by Crippen LogP contribution is -2.47. The van der Waals surface area contributed by atoms with E-state index < -0.39 is 0 Å². The minimum Gasteiger partial charge on any atom is -0.497 e. The third-order valence-electron chi connectivity index (χ3n) is 5.79. The summed E-state index contributed by atoms with van der Waals surface area (Å²) in [6.45, 7) is 5.46. The van der Waals surface area contributed by atoms with Crippen molar-refractivity contribution in [3.05, 3.63) is 70.9 Å². The fourth-order valence-corrected chi connectivity index (χ4v) is 5.38. The molecule has 2 aromatic heterocycles. The molecule has 1 unspecified atom stereocenters. The summed E-state index contributed by atoms with van der Waals surface area (Å²) < 4.78 is 6.89. The Morgan fingerprint density at radius 2 is 1.71 bits per heavy atom. The van der Waals surface area contributed by atoms with Crippen LogP contribution in [-0.4, -0.2) is 57.9 Å². The van der Waals surface area contributed by atoms with Gasteiger partial charge in [0.1, 0.15) is 11.6 Å². The highest BCUT2D eigenvalue weighted by molar-refractivity contribution is 7.17. The van der Waals surface area contributed by atoms with E-state index in [9.17, 15) is 5.11 Å². The molecule has 1 fully saturated rings. The standard InChI is InChI=1S/C23H25N5O2S/c1-16-24-23-28(25-16)22(29)21(31-23)20(17-8-10-19(30-2)11-9-17)27-14-12-26(13-15-27)18-6-4-3-5-7-18/h3-11,20,29H,12-15H2,1-2H3. The Labute approximate surface area is 185 Å². The van der Waals surface area contributed by atoms with Gasteiger partial charge in [-0.05, 0) is 36.8 Å². The van der Waals surface area contributed by atoms with E-state index >= 15 is 0 Å². The van der Waals surface area contributed by atoms with Gasteiger partial charge in [-0.15, -0.1) is 5.10 Å². The predicted molar refractivity (Wildman–Crippen MR) is 122 cm³/mol. The zero-order valence-corrected chi connectivity index (χ0v) is 18.4. The zero-order valence-electron chi connectivity index (χ0n) is 17.6. The van der Waals surface area contributed by atoms with Crippen LogP contribution in [0.4, 0.5) is 5.69 Å². The van der Waals surface area contributed by atoms with Gasteiger partial charge in [-0.2, -0.15) is 4.52 Å². The number of aromatic hydroxyl groups is 1. The van der Waals surface area contributed by atoms with Gasteiger partial charge in [0.05, 0.1) is 18.0 Å². The van der Waals surface area contributed by atoms with Crippen LogP contribution in [0.15, 0.2) is 54.6 Å². The van der Waals surface area contributed by atoms with Crippen molar-refractivity contribution in [1.29, 1.82) is 0 Å². The first kappa shape index (κ1) is 19.8. The highest BCUT2D eigenvalue weighted by atomic mass is 32.1. The Kier molecular flexibility index (Phi) is 5.25. The van der Waals surface area contributed by atoms with Crippen LogP contribution in [0, 0.1) is 6.92 Å². The summed E-state index contributed by atoms with van der Waals surface area (Å²) >= 11 is 1.50. The number of anilines is 1. The molecule has 1 aliphatic heterocycles. The van der Waals surface area contributed by atoms with Crippen LogP contribution < -0.4 is 9.64 Å². The highest BCUT2D eigenvalue weighted by Crippen LogP contribution is 2.40. The van der Waals surface area contributed by atoms with Crippen molar-refractivity contribution >= 4 is 22.0 Å². The minimum absolute atomic E-state index is 0.0716. The van der Waals surface area contributed by atoms with Crippen molar-refractivity contribution in [2.45, 2.75) is 13.0 Å². The number of hydrogen-bond donors (Lipinski definition) is 1. The van der Waals surface area contributed by atoms with Gasteiger partial charge in [0.2, 0.25) is 10.8 Å². The molecule has 0 saturated carbocycles. The number of methoxy groups -OCH3 is 1. The van der Waals surface area contributed by atoms with Crippen LogP contribution in [0.25, 0.3) is 4.96 Å². The number of hydrogen-bond acceptors (Lipinski definition) is 7. The lowest BCUT2D eigenvalue weighted by molar-refractivity contribution is 0.211. The van der Waals surface area contributed by atoms with Crippen LogP contribution in [0.1, 0.15) is 22.3 Å². The molecule has 1 aliphatic rings. The van der Waals surface area contributed by atoms with Gasteiger partial charge in [-0.3, -0.25) is 4.90 Å². The minimum atomic E-state index is -0.0716. The van der Waals surface area contributed by atoms with Crippen molar-refractivity contribution in [3.8, 4) is 11.6 Å². The molecule has 1 N–H and O–H groups in total. The average Bonchev–Trinajstić information content (AvgIpc) is 3.32. The van der Waals surface area contributed by atoms with Crippen LogP contribution >= 0.6 is 11.3 Å². The number of ether oxygens (including phenoxy) is 1. The highest BCUT2D eigenvalue weighted by Gasteiger charge is 2.31. The maximum absolute atomic E-state index is 11.0. The van der Waals surface area contributed by atoms with Gasteiger partial charge in [0.25, 0.3) is 0 Å². The number of aromatic nitrogens is 3. The predicted octanol–water partition coefficient (Wildman–Crippen LogP) is 3.73. The van der Waals surface area contributed by atoms with E-state index in [1.807, 2.05) is 25.1 Å². The quantitative estimate of drug-likeness (QED) is 0.515. The van der Waals surface area contributed by atoms with E-state index in [1.165, 1.54) is 17.0 Å². The fourth-order valence-electron chi connectivity index (χ4n) is 4.22. The van der Waals surface area contributed by atoms with Crippen LogP contribution in [0.5, 0.6) is 11.6 Å². The van der Waals surface area contributed by atoms with Gasteiger partial charge in [-0.25, -0.2) is 4.98 Å². The summed E-state index contributed by atoms with van der Waals surface area (Å²) in [7, 11) is 1.67. The van der Waals surface area contributed by atoms with Gasteiger partial charge in [-0.1, -0.05) is 41.7 Å². The molecule has 8 heteroatoms. The van der Waals surface area contributed by atoms with Crippen molar-refractivity contribution in [3.63, 3.8) is 0 Å². The van der Waals surface area contributed by atoms with Crippen LogP contribution in [-0.2, 0) is 0 Å². The van der Waals surface area contributed by atoms with E-state index in [0.717, 1.165) is 42.4 Å². The van der Waals surface area contributed by atoms with Gasteiger partial charge < -0.3 is 14.7 Å². The molecule has 0 amide bonds. The molecular weight excluding hydrogens is 410 g/mol. The first-order chi connectivity index (χ1) is 15.1. The lowest BCUT2D eigenvalue weighted by atomic mass is 10.0. The van der Waals surface area contributed by atoms with E-state index in [2.05, 4.69) is 56.3 Å². The van der Waals surface area contributed by atoms with E-state index in [4.69, 9.17) is 4.74 Å². The Morgan fingerprint density at radius 1 is 1.00 bits per heavy atom. The average molecular weight is 436 g/mol. The molecule has 3 heterocycles. The molecule has 0 aliphatic carbocycles. The second-order valence-corrected chi connectivity index (χ2v) is 8.69. The smallest absolute Gasteiger partial charge is 0.230 e. The van der Waals surface area contributed by atoms with Crippen LogP contribution in [0.3, 0.4) is 0 Å². The molecule has 31 heavy (non-hydrogen) atoms. The lowest BCUT2D eigenvalue weighted by Gasteiger charge is -2.40. The van der Waals surface area contributed by atoms with E-state index in [0.29, 0.717) is 10.8 Å². The second-order valence-electron chi connectivity index (χ2n) is 7.68.